The molecule has 0 saturated carbocycles. The maximum absolute atomic E-state index is 10.6. The summed E-state index contributed by atoms with van der Waals surface area (Å²) in [5.74, 6) is 0. The first kappa shape index (κ1) is 13.4. The molecule has 0 aliphatic heterocycles. The Morgan fingerprint density at radius 3 is 2.61 bits per heavy atom. The first-order valence-corrected chi connectivity index (χ1v) is 7.12. The average Bonchev–Trinajstić information content (AvgIpc) is 2.27. The molecule has 0 bridgehead atoms. The number of allylic oxidation sites excluding steroid dienone is 1. The van der Waals surface area contributed by atoms with E-state index in [0.29, 0.717) is 0 Å². The molecular weight excluding hydrogens is 220 g/mol. The van der Waals surface area contributed by atoms with Crippen LogP contribution < -0.4 is 0 Å². The first-order chi connectivity index (χ1) is 8.68. The number of hydrogen-bond acceptors (Lipinski definition) is 1. The number of hydrogen-bond donors (Lipinski definition) is 1. The fourth-order valence-corrected chi connectivity index (χ4v) is 2.80. The normalized spacial score (nSPS) is 21.6. The highest BCUT2D eigenvalue weighted by atomic mass is 16.3. The van der Waals surface area contributed by atoms with Crippen LogP contribution >= 0.6 is 0 Å². The van der Waals surface area contributed by atoms with Crippen LogP contribution in [-0.4, -0.2) is 5.11 Å². The molecule has 2 rings (SSSR count). The van der Waals surface area contributed by atoms with E-state index in [9.17, 15) is 5.11 Å². The Morgan fingerprint density at radius 1 is 1.06 bits per heavy atom. The lowest BCUT2D eigenvalue weighted by molar-refractivity contribution is 0.208. The smallest absolute Gasteiger partial charge is 0.100 e. The monoisotopic (exact) mass is 244 g/mol. The van der Waals surface area contributed by atoms with Crippen molar-refractivity contribution in [2.75, 3.05) is 0 Å². The van der Waals surface area contributed by atoms with Gasteiger partial charge in [-0.05, 0) is 56.2 Å². The van der Waals surface area contributed by atoms with Crippen molar-refractivity contribution < 1.29 is 5.11 Å². The zero-order valence-electron chi connectivity index (χ0n) is 11.6. The summed E-state index contributed by atoms with van der Waals surface area (Å²) >= 11 is 0. The maximum atomic E-state index is 10.6. The average molecular weight is 244 g/mol. The Morgan fingerprint density at radius 2 is 1.83 bits per heavy atom. The Bertz CT molecular complexity index is 431. The van der Waals surface area contributed by atoms with Gasteiger partial charge in [-0.25, -0.2) is 0 Å². The molecule has 1 heteroatoms. The zero-order chi connectivity index (χ0) is 13.0. The van der Waals surface area contributed by atoms with Crippen LogP contribution in [0.3, 0.4) is 0 Å². The second-order valence-corrected chi connectivity index (χ2v) is 5.49. The fraction of sp³-hybridized carbons (Fsp3) is 0.529. The molecule has 1 aromatic carbocycles. The predicted octanol–water partition coefficient (Wildman–Crippen LogP) is 4.62. The van der Waals surface area contributed by atoms with Crippen LogP contribution in [0.5, 0.6) is 0 Å². The number of rotatable bonds is 2. The van der Waals surface area contributed by atoms with Gasteiger partial charge in [-0.1, -0.05) is 42.7 Å². The van der Waals surface area contributed by atoms with Crippen LogP contribution in [0, 0.1) is 13.8 Å². The lowest BCUT2D eigenvalue weighted by Crippen LogP contribution is -2.05. The Labute approximate surface area is 111 Å². The van der Waals surface area contributed by atoms with Crippen molar-refractivity contribution in [3.05, 3.63) is 46.5 Å². The van der Waals surface area contributed by atoms with Gasteiger partial charge in [0.15, 0.2) is 0 Å². The molecule has 0 aromatic heterocycles. The first-order valence-electron chi connectivity index (χ1n) is 7.12. The zero-order valence-corrected chi connectivity index (χ0v) is 11.6. The van der Waals surface area contributed by atoms with E-state index in [2.05, 4.69) is 38.1 Å². The van der Waals surface area contributed by atoms with Crippen molar-refractivity contribution >= 4 is 0 Å². The van der Waals surface area contributed by atoms with Crippen LogP contribution in [0.15, 0.2) is 29.8 Å². The minimum Gasteiger partial charge on any atom is -0.384 e. The molecule has 1 unspecified atom stereocenters. The third kappa shape index (κ3) is 3.23. The summed E-state index contributed by atoms with van der Waals surface area (Å²) in [6.45, 7) is 4.19. The van der Waals surface area contributed by atoms with E-state index < -0.39 is 6.10 Å². The number of aryl methyl sites for hydroxylation is 2. The van der Waals surface area contributed by atoms with Crippen LogP contribution in [0.25, 0.3) is 0 Å². The largest absolute Gasteiger partial charge is 0.384 e. The molecule has 0 heterocycles. The molecule has 98 valence electrons. The fourth-order valence-electron chi connectivity index (χ4n) is 2.80. The minimum absolute atomic E-state index is 0.399. The van der Waals surface area contributed by atoms with E-state index in [1.807, 2.05) is 0 Å². The lowest BCUT2D eigenvalue weighted by Gasteiger charge is -2.19. The summed E-state index contributed by atoms with van der Waals surface area (Å²) < 4.78 is 0. The predicted molar refractivity (Wildman–Crippen MR) is 76.7 cm³/mol. The van der Waals surface area contributed by atoms with Gasteiger partial charge in [-0.3, -0.25) is 0 Å². The maximum Gasteiger partial charge on any atom is 0.100 e. The quantitative estimate of drug-likeness (QED) is 0.753. The van der Waals surface area contributed by atoms with Crippen LogP contribution in [0.4, 0.5) is 0 Å². The molecule has 18 heavy (non-hydrogen) atoms. The molecule has 1 atom stereocenters. The van der Waals surface area contributed by atoms with E-state index in [4.69, 9.17) is 0 Å². The highest BCUT2D eigenvalue weighted by molar-refractivity contribution is 5.36. The van der Waals surface area contributed by atoms with Gasteiger partial charge in [0, 0.05) is 0 Å². The molecule has 0 fully saturated rings. The Balaban J connectivity index is 2.20. The van der Waals surface area contributed by atoms with E-state index in [0.717, 1.165) is 18.4 Å². The minimum atomic E-state index is -0.399. The van der Waals surface area contributed by atoms with Crippen molar-refractivity contribution in [2.45, 2.75) is 58.5 Å². The summed E-state index contributed by atoms with van der Waals surface area (Å²) in [7, 11) is 0. The molecule has 1 N–H and O–H groups in total. The molecular formula is C17H24O. The number of benzene rings is 1. The molecule has 1 aliphatic carbocycles. The molecule has 0 saturated heterocycles. The molecule has 1 nitrogen and oxygen atoms in total. The van der Waals surface area contributed by atoms with Crippen LogP contribution in [0.2, 0.25) is 0 Å². The van der Waals surface area contributed by atoms with Gasteiger partial charge in [0.2, 0.25) is 0 Å². The molecule has 1 aromatic rings. The standard InChI is InChI=1S/C17H24O/c1-13-10-11-16(14(2)12-13)17(18)15-8-6-4-3-5-7-9-15/h8,10-12,17-18H,3-7,9H2,1-2H3/b15-8+. The van der Waals surface area contributed by atoms with Gasteiger partial charge in [0.1, 0.15) is 6.10 Å². The third-order valence-corrected chi connectivity index (χ3v) is 3.90. The van der Waals surface area contributed by atoms with Crippen LogP contribution in [0.1, 0.15) is 61.3 Å². The summed E-state index contributed by atoms with van der Waals surface area (Å²) in [5, 5.41) is 10.6. The summed E-state index contributed by atoms with van der Waals surface area (Å²) in [5.41, 5.74) is 4.76. The van der Waals surface area contributed by atoms with E-state index >= 15 is 0 Å². The van der Waals surface area contributed by atoms with Gasteiger partial charge in [0.05, 0.1) is 0 Å². The molecule has 0 amide bonds. The van der Waals surface area contributed by atoms with Gasteiger partial charge in [-0.15, -0.1) is 0 Å². The van der Waals surface area contributed by atoms with E-state index in [1.165, 1.54) is 42.4 Å². The number of aliphatic hydroxyl groups is 1. The summed E-state index contributed by atoms with van der Waals surface area (Å²) in [6.07, 6.45) is 9.16. The summed E-state index contributed by atoms with van der Waals surface area (Å²) in [6, 6.07) is 6.33. The highest BCUT2D eigenvalue weighted by Crippen LogP contribution is 2.30. The van der Waals surface area contributed by atoms with Gasteiger partial charge in [0.25, 0.3) is 0 Å². The lowest BCUT2D eigenvalue weighted by atomic mass is 9.90. The SMILES string of the molecule is Cc1ccc(C(O)/C2=C/CCCCCC2)c(C)c1. The third-order valence-electron chi connectivity index (χ3n) is 3.90. The molecule has 0 radical (unpaired) electrons. The van der Waals surface area contributed by atoms with Gasteiger partial charge < -0.3 is 5.11 Å². The van der Waals surface area contributed by atoms with Crippen molar-refractivity contribution in [3.8, 4) is 0 Å². The second kappa shape index (κ2) is 6.19. The highest BCUT2D eigenvalue weighted by Gasteiger charge is 2.16. The van der Waals surface area contributed by atoms with Crippen molar-refractivity contribution in [2.24, 2.45) is 0 Å². The van der Waals surface area contributed by atoms with Gasteiger partial charge >= 0.3 is 0 Å². The van der Waals surface area contributed by atoms with Crippen molar-refractivity contribution in [1.29, 1.82) is 0 Å². The topological polar surface area (TPSA) is 20.2 Å². The Kier molecular flexibility index (Phi) is 4.60. The number of aliphatic hydroxyl groups excluding tert-OH is 1. The molecule has 1 aliphatic rings. The van der Waals surface area contributed by atoms with E-state index in [-0.39, 0.29) is 0 Å². The summed E-state index contributed by atoms with van der Waals surface area (Å²) in [4.78, 5) is 0. The van der Waals surface area contributed by atoms with Crippen molar-refractivity contribution in [3.63, 3.8) is 0 Å². The Hall–Kier alpha value is -1.08. The van der Waals surface area contributed by atoms with Crippen molar-refractivity contribution in [1.82, 2.24) is 0 Å². The van der Waals surface area contributed by atoms with Crippen LogP contribution in [-0.2, 0) is 0 Å². The van der Waals surface area contributed by atoms with Gasteiger partial charge in [-0.2, -0.15) is 0 Å². The molecule has 0 spiro atoms. The van der Waals surface area contributed by atoms with E-state index in [1.54, 1.807) is 0 Å². The second-order valence-electron chi connectivity index (χ2n) is 5.49.